The van der Waals surface area contributed by atoms with Crippen molar-refractivity contribution < 1.29 is 4.79 Å². The van der Waals surface area contributed by atoms with Crippen LogP contribution in [-0.4, -0.2) is 38.5 Å². The minimum Gasteiger partial charge on any atom is -0.342 e. The Kier molecular flexibility index (Phi) is 6.21. The molecule has 1 aromatic heterocycles. The molecule has 0 radical (unpaired) electrons. The SMILES string of the molecule is CN1C(=S)N(C2CCCCC2)C(=O)/C1=C/c1cn(Cc2ccc(Cl)c(Cl)c2)c2ccccc12. The number of carbonyl (C=O) groups excluding carboxylic acids is 1. The van der Waals surface area contributed by atoms with Gasteiger partial charge in [0.15, 0.2) is 5.11 Å². The molecule has 2 aliphatic rings. The van der Waals surface area contributed by atoms with Gasteiger partial charge in [-0.3, -0.25) is 9.69 Å². The number of thiocarbonyl (C=S) groups is 1. The van der Waals surface area contributed by atoms with Gasteiger partial charge in [-0.15, -0.1) is 0 Å². The molecule has 2 aromatic carbocycles. The third-order valence-corrected chi connectivity index (χ3v) is 7.89. The first kappa shape index (κ1) is 22.5. The molecule has 0 spiro atoms. The molecule has 1 saturated heterocycles. The van der Waals surface area contributed by atoms with Crippen LogP contribution in [0.15, 0.2) is 54.4 Å². The average Bonchev–Trinajstić information content (AvgIpc) is 3.27. The lowest BCUT2D eigenvalue weighted by molar-refractivity contribution is -0.124. The molecular weight excluding hydrogens is 473 g/mol. The van der Waals surface area contributed by atoms with Crippen molar-refractivity contribution in [2.45, 2.75) is 44.7 Å². The van der Waals surface area contributed by atoms with Crippen molar-refractivity contribution in [2.75, 3.05) is 7.05 Å². The number of rotatable bonds is 4. The Balaban J connectivity index is 1.51. The van der Waals surface area contributed by atoms with Gasteiger partial charge in [-0.05, 0) is 54.9 Å². The van der Waals surface area contributed by atoms with Crippen LogP contribution in [0.25, 0.3) is 17.0 Å². The number of fused-ring (bicyclic) bond motifs is 1. The Bertz CT molecular complexity index is 1280. The van der Waals surface area contributed by atoms with Gasteiger partial charge in [0.1, 0.15) is 5.70 Å². The van der Waals surface area contributed by atoms with Gasteiger partial charge in [0.25, 0.3) is 5.91 Å². The number of benzene rings is 2. The monoisotopic (exact) mass is 497 g/mol. The van der Waals surface area contributed by atoms with Gasteiger partial charge < -0.3 is 9.47 Å². The molecule has 2 fully saturated rings. The highest BCUT2D eigenvalue weighted by atomic mass is 35.5. The van der Waals surface area contributed by atoms with Crippen molar-refractivity contribution in [1.29, 1.82) is 0 Å². The third kappa shape index (κ3) is 4.18. The lowest BCUT2D eigenvalue weighted by Gasteiger charge is -2.30. The quantitative estimate of drug-likeness (QED) is 0.295. The zero-order valence-corrected chi connectivity index (χ0v) is 20.8. The van der Waals surface area contributed by atoms with Gasteiger partial charge in [-0.25, -0.2) is 0 Å². The lowest BCUT2D eigenvalue weighted by atomic mass is 9.94. The second-order valence-corrected chi connectivity index (χ2v) is 10.00. The Labute approximate surface area is 209 Å². The van der Waals surface area contributed by atoms with E-state index in [2.05, 4.69) is 22.9 Å². The van der Waals surface area contributed by atoms with Gasteiger partial charge in [0.2, 0.25) is 0 Å². The van der Waals surface area contributed by atoms with Crippen LogP contribution in [0.1, 0.15) is 43.2 Å². The standard InChI is InChI=1S/C26H25Cl2N3OS/c1-29-24(25(32)31(26(29)33)19-7-3-2-4-8-19)14-18-16-30(23-10-6-5-9-20(18)23)15-17-11-12-21(27)22(28)13-17/h5-6,9-14,16,19H,2-4,7-8,15H2,1H3/b24-14-. The molecule has 3 aromatic rings. The summed E-state index contributed by atoms with van der Waals surface area (Å²) in [6.07, 6.45) is 9.66. The number of hydrogen-bond donors (Lipinski definition) is 0. The Morgan fingerprint density at radius 1 is 1.06 bits per heavy atom. The third-order valence-electron chi connectivity index (χ3n) is 6.68. The Hall–Kier alpha value is -2.34. The van der Waals surface area contributed by atoms with Crippen molar-refractivity contribution in [3.8, 4) is 0 Å². The lowest BCUT2D eigenvalue weighted by Crippen LogP contribution is -2.41. The molecule has 0 unspecified atom stereocenters. The van der Waals surface area contributed by atoms with E-state index in [-0.39, 0.29) is 11.9 Å². The molecule has 2 heterocycles. The molecule has 1 amide bonds. The maximum Gasteiger partial charge on any atom is 0.277 e. The number of halogens is 2. The zero-order chi connectivity index (χ0) is 23.1. The van der Waals surface area contributed by atoms with Crippen molar-refractivity contribution in [2.24, 2.45) is 0 Å². The maximum absolute atomic E-state index is 13.4. The minimum absolute atomic E-state index is 0.00992. The van der Waals surface area contributed by atoms with Crippen molar-refractivity contribution in [1.82, 2.24) is 14.4 Å². The second-order valence-electron chi connectivity index (χ2n) is 8.82. The summed E-state index contributed by atoms with van der Waals surface area (Å²) in [6.45, 7) is 0.650. The van der Waals surface area contributed by atoms with E-state index in [1.165, 1.54) is 6.42 Å². The fourth-order valence-electron chi connectivity index (χ4n) is 4.94. The molecule has 33 heavy (non-hydrogen) atoms. The van der Waals surface area contributed by atoms with Gasteiger partial charge in [-0.2, -0.15) is 0 Å². The molecule has 0 N–H and O–H groups in total. The summed E-state index contributed by atoms with van der Waals surface area (Å²) >= 11 is 18.0. The average molecular weight is 498 g/mol. The first-order valence-corrected chi connectivity index (χ1v) is 12.4. The molecule has 4 nitrogen and oxygen atoms in total. The van der Waals surface area contributed by atoms with Crippen molar-refractivity contribution in [3.05, 3.63) is 75.5 Å². The summed E-state index contributed by atoms with van der Waals surface area (Å²) < 4.78 is 2.18. The van der Waals surface area contributed by atoms with Gasteiger partial charge >= 0.3 is 0 Å². The second kappa shape index (κ2) is 9.13. The summed E-state index contributed by atoms with van der Waals surface area (Å²) in [5.41, 5.74) is 3.77. The number of aromatic nitrogens is 1. The van der Waals surface area contributed by atoms with Crippen LogP contribution in [0.2, 0.25) is 10.0 Å². The maximum atomic E-state index is 13.4. The van der Waals surface area contributed by atoms with E-state index in [1.54, 1.807) is 0 Å². The van der Waals surface area contributed by atoms with Crippen LogP contribution < -0.4 is 0 Å². The highest BCUT2D eigenvalue weighted by molar-refractivity contribution is 7.80. The van der Waals surface area contributed by atoms with Gasteiger partial charge in [0, 0.05) is 42.3 Å². The Morgan fingerprint density at radius 2 is 1.82 bits per heavy atom. The van der Waals surface area contributed by atoms with E-state index in [1.807, 2.05) is 53.3 Å². The summed E-state index contributed by atoms with van der Waals surface area (Å²) in [7, 11) is 1.89. The molecule has 1 aliphatic carbocycles. The molecule has 5 rings (SSSR count). The number of likely N-dealkylation sites (N-methyl/N-ethyl adjacent to an activating group) is 1. The van der Waals surface area contributed by atoms with Gasteiger partial charge in [-0.1, -0.05) is 66.7 Å². The minimum atomic E-state index is 0.00992. The molecule has 7 heteroatoms. The molecule has 1 saturated carbocycles. The fraction of sp³-hybridized carbons (Fsp3) is 0.308. The number of amides is 1. The summed E-state index contributed by atoms with van der Waals surface area (Å²) in [5, 5.41) is 2.79. The fourth-order valence-corrected chi connectivity index (χ4v) is 5.59. The Morgan fingerprint density at radius 3 is 2.58 bits per heavy atom. The summed E-state index contributed by atoms with van der Waals surface area (Å²) in [4.78, 5) is 17.1. The number of carbonyl (C=O) groups is 1. The van der Waals surface area contributed by atoms with E-state index >= 15 is 0 Å². The summed E-state index contributed by atoms with van der Waals surface area (Å²) in [5.74, 6) is 0.00992. The number of para-hydroxylation sites is 1. The highest BCUT2D eigenvalue weighted by Gasteiger charge is 2.40. The normalized spacial score (nSPS) is 18.8. The largest absolute Gasteiger partial charge is 0.342 e. The van der Waals surface area contributed by atoms with Crippen LogP contribution in [0, 0.1) is 0 Å². The van der Waals surface area contributed by atoms with Crippen LogP contribution in [-0.2, 0) is 11.3 Å². The van der Waals surface area contributed by atoms with Crippen molar-refractivity contribution in [3.63, 3.8) is 0 Å². The molecule has 0 atom stereocenters. The van der Waals surface area contributed by atoms with Crippen LogP contribution in [0.5, 0.6) is 0 Å². The van der Waals surface area contributed by atoms with E-state index in [9.17, 15) is 4.79 Å². The molecule has 1 aliphatic heterocycles. The smallest absolute Gasteiger partial charge is 0.277 e. The first-order chi connectivity index (χ1) is 15.9. The predicted octanol–water partition coefficient (Wildman–Crippen LogP) is 6.73. The van der Waals surface area contributed by atoms with E-state index < -0.39 is 0 Å². The predicted molar refractivity (Wildman–Crippen MR) is 140 cm³/mol. The zero-order valence-electron chi connectivity index (χ0n) is 18.4. The van der Waals surface area contributed by atoms with E-state index in [4.69, 9.17) is 35.4 Å². The van der Waals surface area contributed by atoms with Crippen LogP contribution >= 0.6 is 35.4 Å². The molecule has 170 valence electrons. The van der Waals surface area contributed by atoms with Crippen LogP contribution in [0.4, 0.5) is 0 Å². The summed E-state index contributed by atoms with van der Waals surface area (Å²) in [6, 6.07) is 14.1. The topological polar surface area (TPSA) is 28.5 Å². The van der Waals surface area contributed by atoms with Crippen LogP contribution in [0.3, 0.4) is 0 Å². The molecular formula is C26H25Cl2N3OS. The van der Waals surface area contributed by atoms with Crippen molar-refractivity contribution >= 4 is 63.4 Å². The van der Waals surface area contributed by atoms with E-state index in [0.717, 1.165) is 47.7 Å². The van der Waals surface area contributed by atoms with Gasteiger partial charge in [0.05, 0.1) is 10.0 Å². The number of nitrogens with zero attached hydrogens (tertiary/aromatic N) is 3. The highest BCUT2D eigenvalue weighted by Crippen LogP contribution is 2.32. The molecule has 0 bridgehead atoms. The van der Waals surface area contributed by atoms with E-state index in [0.29, 0.717) is 27.4 Å². The first-order valence-electron chi connectivity index (χ1n) is 11.3. The number of hydrogen-bond acceptors (Lipinski definition) is 2.